The minimum absolute atomic E-state index is 0.0775. The number of fused-ring (bicyclic) bond motifs is 2. The second-order valence-electron chi connectivity index (χ2n) is 8.92. The summed E-state index contributed by atoms with van der Waals surface area (Å²) in [4.78, 5) is 23.6. The van der Waals surface area contributed by atoms with Crippen LogP contribution >= 0.6 is 11.6 Å². The number of imidazole rings is 1. The number of ether oxygens (including phenoxy) is 5. The van der Waals surface area contributed by atoms with Crippen molar-refractivity contribution < 1.29 is 42.4 Å². The number of H-pyrrole nitrogens is 1. The summed E-state index contributed by atoms with van der Waals surface area (Å²) in [7, 11) is 0. The lowest BCUT2D eigenvalue weighted by Crippen LogP contribution is -2.48. The van der Waals surface area contributed by atoms with Crippen LogP contribution < -0.4 is 14.8 Å². The van der Waals surface area contributed by atoms with Crippen molar-refractivity contribution in [2.45, 2.75) is 37.1 Å². The molecule has 3 aliphatic heterocycles. The average Bonchev–Trinajstić information content (AvgIpc) is 3.52. The van der Waals surface area contributed by atoms with Gasteiger partial charge in [0.15, 0.2) is 11.8 Å². The van der Waals surface area contributed by atoms with Gasteiger partial charge in [-0.1, -0.05) is 11.6 Å². The van der Waals surface area contributed by atoms with Gasteiger partial charge in [0.1, 0.15) is 41.6 Å². The predicted molar refractivity (Wildman–Crippen MR) is 122 cm³/mol. The summed E-state index contributed by atoms with van der Waals surface area (Å²) in [6.45, 7) is 0.584. The second kappa shape index (κ2) is 9.65. The zero-order chi connectivity index (χ0) is 25.7. The number of rotatable bonds is 7. The van der Waals surface area contributed by atoms with Gasteiger partial charge in [0.2, 0.25) is 5.88 Å². The molecule has 1 amide bonds. The molecular formula is C23H21ClF2N4O7. The highest BCUT2D eigenvalue weighted by atomic mass is 35.5. The van der Waals surface area contributed by atoms with Crippen molar-refractivity contribution in [3.8, 4) is 11.9 Å². The van der Waals surface area contributed by atoms with E-state index >= 15 is 0 Å². The van der Waals surface area contributed by atoms with E-state index < -0.39 is 48.6 Å². The number of hydrogen-bond donors (Lipinski definition) is 3. The van der Waals surface area contributed by atoms with Crippen molar-refractivity contribution in [2.24, 2.45) is 0 Å². The molecule has 37 heavy (non-hydrogen) atoms. The first-order valence-corrected chi connectivity index (χ1v) is 11.9. The van der Waals surface area contributed by atoms with Crippen LogP contribution in [0.25, 0.3) is 11.2 Å². The third-order valence-corrected chi connectivity index (χ3v) is 6.62. The molecule has 0 aliphatic carbocycles. The molecule has 6 rings (SSSR count). The number of nitrogens with one attached hydrogen (secondary N) is 2. The number of pyridine rings is 1. The number of aliphatic hydroxyl groups excluding tert-OH is 1. The number of aromatic amines is 1. The van der Waals surface area contributed by atoms with E-state index in [0.717, 1.165) is 12.1 Å². The lowest BCUT2D eigenvalue weighted by atomic mass is 10.1. The Morgan fingerprint density at radius 1 is 1.14 bits per heavy atom. The maximum absolute atomic E-state index is 14.6. The van der Waals surface area contributed by atoms with Crippen LogP contribution in [0.4, 0.5) is 8.78 Å². The third-order valence-electron chi connectivity index (χ3n) is 6.35. The molecule has 0 spiro atoms. The minimum Gasteiger partial charge on any atom is -0.471 e. The summed E-state index contributed by atoms with van der Waals surface area (Å²) in [5.74, 6) is -2.58. The lowest BCUT2D eigenvalue weighted by Gasteiger charge is -2.26. The van der Waals surface area contributed by atoms with Crippen LogP contribution in [0.1, 0.15) is 15.9 Å². The van der Waals surface area contributed by atoms with Gasteiger partial charge in [0, 0.05) is 5.56 Å². The Morgan fingerprint density at radius 2 is 1.89 bits per heavy atom. The van der Waals surface area contributed by atoms with Crippen molar-refractivity contribution in [1.82, 2.24) is 20.3 Å². The monoisotopic (exact) mass is 538 g/mol. The maximum atomic E-state index is 14.6. The largest absolute Gasteiger partial charge is 0.471 e. The molecule has 1 aromatic carbocycles. The molecule has 5 heterocycles. The van der Waals surface area contributed by atoms with Gasteiger partial charge in [-0.15, -0.1) is 0 Å². The van der Waals surface area contributed by atoms with Crippen LogP contribution in [-0.4, -0.2) is 82.9 Å². The number of hydrogen-bond acceptors (Lipinski definition) is 9. The van der Waals surface area contributed by atoms with Crippen LogP contribution in [0.2, 0.25) is 5.02 Å². The van der Waals surface area contributed by atoms with E-state index in [2.05, 4.69) is 20.3 Å². The van der Waals surface area contributed by atoms with Gasteiger partial charge < -0.3 is 39.1 Å². The second-order valence-corrected chi connectivity index (χ2v) is 9.33. The Kier molecular flexibility index (Phi) is 6.32. The zero-order valence-corrected chi connectivity index (χ0v) is 19.8. The van der Waals surface area contributed by atoms with E-state index in [1.165, 1.54) is 6.07 Å². The molecule has 3 aliphatic rings. The van der Waals surface area contributed by atoms with Crippen molar-refractivity contribution in [3.05, 3.63) is 46.0 Å². The first kappa shape index (κ1) is 24.2. The number of carbonyl (C=O) groups is 1. The summed E-state index contributed by atoms with van der Waals surface area (Å²) >= 11 is 6.26. The van der Waals surface area contributed by atoms with Crippen LogP contribution in [0.3, 0.4) is 0 Å². The van der Waals surface area contributed by atoms with E-state index in [-0.39, 0.29) is 52.9 Å². The molecule has 4 atom stereocenters. The molecule has 14 heteroatoms. The van der Waals surface area contributed by atoms with Gasteiger partial charge in [0.25, 0.3) is 11.9 Å². The maximum Gasteiger partial charge on any atom is 0.296 e. The fraction of sp³-hybridized carbons (Fsp3) is 0.435. The molecule has 196 valence electrons. The smallest absolute Gasteiger partial charge is 0.296 e. The number of amides is 1. The van der Waals surface area contributed by atoms with Crippen LogP contribution in [0.15, 0.2) is 18.2 Å². The van der Waals surface area contributed by atoms with Crippen molar-refractivity contribution >= 4 is 28.7 Å². The molecule has 2 aromatic heterocycles. The van der Waals surface area contributed by atoms with Gasteiger partial charge in [0.05, 0.1) is 43.5 Å². The molecule has 0 bridgehead atoms. The molecule has 0 saturated carbocycles. The van der Waals surface area contributed by atoms with Gasteiger partial charge in [-0.05, 0) is 18.2 Å². The summed E-state index contributed by atoms with van der Waals surface area (Å²) in [6, 6.07) is 3.33. The third kappa shape index (κ3) is 4.68. The van der Waals surface area contributed by atoms with Crippen molar-refractivity contribution in [1.29, 1.82) is 0 Å². The summed E-state index contributed by atoms with van der Waals surface area (Å²) in [6.07, 6.45) is -2.07. The van der Waals surface area contributed by atoms with E-state index in [4.69, 9.17) is 35.3 Å². The molecule has 3 N–H and O–H groups in total. The molecular weight excluding hydrogens is 518 g/mol. The number of aromatic nitrogens is 3. The highest BCUT2D eigenvalue weighted by molar-refractivity contribution is 6.32. The van der Waals surface area contributed by atoms with Crippen molar-refractivity contribution in [3.63, 3.8) is 0 Å². The summed E-state index contributed by atoms with van der Waals surface area (Å²) in [5.41, 5.74) is 0.107. The predicted octanol–water partition coefficient (Wildman–Crippen LogP) is 1.50. The number of aliphatic hydroxyl groups is 1. The van der Waals surface area contributed by atoms with Crippen LogP contribution in [0.5, 0.6) is 11.9 Å². The van der Waals surface area contributed by atoms with Gasteiger partial charge in [-0.25, -0.2) is 8.78 Å². The standard InChI is InChI=1S/C23H21ClF2N4O7/c24-12-3-15-20(30-23(28-15)37-17-8-35-18-16(31)7-34-19(17)18)29-22(12)36-6-11-13(25)1-9(2-14(11)26)21(32)27-10-4-33-5-10/h1-3,10,16-19,31H,4-8H2,(H,27,32)(H,28,29,30)/t16-,17-,18?,19-/m1/s1. The summed E-state index contributed by atoms with van der Waals surface area (Å²) in [5, 5.41) is 12.6. The Hall–Kier alpha value is -3.10. The lowest BCUT2D eigenvalue weighted by molar-refractivity contribution is -0.00347. The first-order valence-electron chi connectivity index (χ1n) is 11.5. The molecule has 3 saturated heterocycles. The molecule has 3 fully saturated rings. The molecule has 1 unspecified atom stereocenters. The number of halogens is 3. The first-order chi connectivity index (χ1) is 17.9. The number of carbonyl (C=O) groups excluding carboxylic acids is 1. The highest BCUT2D eigenvalue weighted by Gasteiger charge is 2.48. The number of nitrogens with zero attached hydrogens (tertiary/aromatic N) is 2. The Morgan fingerprint density at radius 3 is 2.62 bits per heavy atom. The fourth-order valence-electron chi connectivity index (χ4n) is 4.33. The Labute approximate surface area is 213 Å². The van der Waals surface area contributed by atoms with E-state index in [1.807, 2.05) is 0 Å². The number of benzene rings is 1. The van der Waals surface area contributed by atoms with Gasteiger partial charge >= 0.3 is 0 Å². The van der Waals surface area contributed by atoms with E-state index in [1.54, 1.807) is 0 Å². The SMILES string of the molecule is O=C(NC1COC1)c1cc(F)c(COc2nc3nc(O[C@@H]4COC5[C@H](O)CO[C@@H]54)[nH]c3cc2Cl)c(F)c1. The molecule has 3 aromatic rings. The zero-order valence-electron chi connectivity index (χ0n) is 19.1. The van der Waals surface area contributed by atoms with Gasteiger partial charge in [-0.2, -0.15) is 9.97 Å². The highest BCUT2D eigenvalue weighted by Crippen LogP contribution is 2.31. The topological polar surface area (TPSA) is 137 Å². The quantitative estimate of drug-likeness (QED) is 0.409. The van der Waals surface area contributed by atoms with Crippen LogP contribution in [-0.2, 0) is 20.8 Å². The fourth-order valence-corrected chi connectivity index (χ4v) is 4.53. The Balaban J connectivity index is 1.14. The normalized spacial score (nSPS) is 25.2. The van der Waals surface area contributed by atoms with E-state index in [9.17, 15) is 18.7 Å². The minimum atomic E-state index is -0.945. The molecule has 11 nitrogen and oxygen atoms in total. The average molecular weight is 539 g/mol. The Bertz CT molecular complexity index is 1330. The van der Waals surface area contributed by atoms with Crippen molar-refractivity contribution in [2.75, 3.05) is 26.4 Å². The van der Waals surface area contributed by atoms with E-state index in [0.29, 0.717) is 18.7 Å². The van der Waals surface area contributed by atoms with Crippen LogP contribution in [0, 0.1) is 11.6 Å². The summed E-state index contributed by atoms with van der Waals surface area (Å²) < 4.78 is 56.6. The van der Waals surface area contributed by atoms with Gasteiger partial charge in [-0.3, -0.25) is 4.79 Å². The molecule has 0 radical (unpaired) electrons.